The maximum atomic E-state index is 12.4. The van der Waals surface area contributed by atoms with Crippen LogP contribution in [0.2, 0.25) is 0 Å². The molecule has 0 saturated heterocycles. The van der Waals surface area contributed by atoms with Gasteiger partial charge in [-0.2, -0.15) is 0 Å². The van der Waals surface area contributed by atoms with Gasteiger partial charge in [0.2, 0.25) is 0 Å². The molecule has 2 heterocycles. The van der Waals surface area contributed by atoms with Crippen LogP contribution in [0, 0.1) is 0 Å². The van der Waals surface area contributed by atoms with Gasteiger partial charge in [-0.15, -0.1) is 0 Å². The molecule has 5 heteroatoms. The minimum atomic E-state index is -0.231. The number of anilines is 1. The lowest BCUT2D eigenvalue weighted by Crippen LogP contribution is -2.37. The molecule has 3 rings (SSSR count). The highest BCUT2D eigenvalue weighted by molar-refractivity contribution is 9.10. The number of fused-ring (bicyclic) bond motifs is 1. The summed E-state index contributed by atoms with van der Waals surface area (Å²) in [5.74, 6) is 0.0990. The third-order valence-electron chi connectivity index (χ3n) is 3.09. The minimum Gasteiger partial charge on any atom is -0.444 e. The Bertz CT molecular complexity index is 662. The van der Waals surface area contributed by atoms with E-state index in [1.807, 2.05) is 6.07 Å². The number of carbonyl (C=O) groups excluding carboxylic acids is 2. The summed E-state index contributed by atoms with van der Waals surface area (Å²) in [7, 11) is 0. The SMILES string of the molecule is O=C1CCN(C(=O)c2ccc(Br)o2)c2ccccc21. The van der Waals surface area contributed by atoms with Crippen molar-refractivity contribution in [3.63, 3.8) is 0 Å². The summed E-state index contributed by atoms with van der Waals surface area (Å²) in [5.41, 5.74) is 1.24. The topological polar surface area (TPSA) is 50.5 Å². The maximum Gasteiger partial charge on any atom is 0.294 e. The van der Waals surface area contributed by atoms with Crippen molar-refractivity contribution in [1.29, 1.82) is 0 Å². The number of hydrogen-bond acceptors (Lipinski definition) is 3. The average molecular weight is 320 g/mol. The Kier molecular flexibility index (Phi) is 2.98. The van der Waals surface area contributed by atoms with Gasteiger partial charge >= 0.3 is 0 Å². The Hall–Kier alpha value is -1.88. The van der Waals surface area contributed by atoms with Gasteiger partial charge in [0.05, 0.1) is 5.69 Å². The summed E-state index contributed by atoms with van der Waals surface area (Å²) in [5, 5.41) is 0. The van der Waals surface area contributed by atoms with Crippen LogP contribution in [0.5, 0.6) is 0 Å². The highest BCUT2D eigenvalue weighted by atomic mass is 79.9. The van der Waals surface area contributed by atoms with Crippen molar-refractivity contribution in [3.8, 4) is 0 Å². The van der Waals surface area contributed by atoms with Crippen LogP contribution in [-0.4, -0.2) is 18.2 Å². The number of amides is 1. The summed E-state index contributed by atoms with van der Waals surface area (Å²) in [6, 6.07) is 10.4. The second kappa shape index (κ2) is 4.66. The molecule has 0 radical (unpaired) electrons. The summed E-state index contributed by atoms with van der Waals surface area (Å²) in [6.07, 6.45) is 0.338. The third-order valence-corrected chi connectivity index (χ3v) is 3.51. The van der Waals surface area contributed by atoms with Gasteiger partial charge in [0.25, 0.3) is 5.91 Å². The summed E-state index contributed by atoms with van der Waals surface area (Å²) in [6.45, 7) is 0.382. The van der Waals surface area contributed by atoms with E-state index in [1.165, 1.54) is 0 Å². The Morgan fingerprint density at radius 2 is 2.00 bits per heavy atom. The van der Waals surface area contributed by atoms with Crippen LogP contribution < -0.4 is 4.90 Å². The first-order chi connectivity index (χ1) is 9.16. The van der Waals surface area contributed by atoms with Gasteiger partial charge in [0.1, 0.15) is 0 Å². The molecule has 1 aliphatic heterocycles. The Morgan fingerprint density at radius 3 is 2.74 bits per heavy atom. The molecule has 4 nitrogen and oxygen atoms in total. The van der Waals surface area contributed by atoms with Gasteiger partial charge in [0.15, 0.2) is 16.2 Å². The van der Waals surface area contributed by atoms with Gasteiger partial charge in [-0.25, -0.2) is 0 Å². The van der Waals surface area contributed by atoms with E-state index in [9.17, 15) is 9.59 Å². The van der Waals surface area contributed by atoms with Crippen LogP contribution in [0.1, 0.15) is 27.3 Å². The first-order valence-corrected chi connectivity index (χ1v) is 6.65. The lowest BCUT2D eigenvalue weighted by molar-refractivity contribution is 0.0938. The molecule has 19 heavy (non-hydrogen) atoms. The largest absolute Gasteiger partial charge is 0.444 e. The fourth-order valence-corrected chi connectivity index (χ4v) is 2.49. The quantitative estimate of drug-likeness (QED) is 0.810. The van der Waals surface area contributed by atoms with E-state index in [4.69, 9.17) is 4.42 Å². The molecule has 0 unspecified atom stereocenters. The van der Waals surface area contributed by atoms with Gasteiger partial charge in [-0.05, 0) is 40.2 Å². The van der Waals surface area contributed by atoms with Crippen LogP contribution in [0.15, 0.2) is 45.5 Å². The number of ketones is 1. The summed E-state index contributed by atoms with van der Waals surface area (Å²) >= 11 is 3.17. The van der Waals surface area contributed by atoms with Crippen molar-refractivity contribution in [2.75, 3.05) is 11.4 Å². The van der Waals surface area contributed by atoms with Crippen molar-refractivity contribution in [1.82, 2.24) is 0 Å². The van der Waals surface area contributed by atoms with Crippen molar-refractivity contribution in [2.24, 2.45) is 0 Å². The number of benzene rings is 1. The van der Waals surface area contributed by atoms with Gasteiger partial charge in [-0.1, -0.05) is 12.1 Å². The van der Waals surface area contributed by atoms with Crippen LogP contribution in [-0.2, 0) is 0 Å². The molecular weight excluding hydrogens is 310 g/mol. The zero-order chi connectivity index (χ0) is 13.4. The molecule has 96 valence electrons. The average Bonchev–Trinajstić information content (AvgIpc) is 2.86. The van der Waals surface area contributed by atoms with E-state index in [-0.39, 0.29) is 17.5 Å². The van der Waals surface area contributed by atoms with E-state index in [2.05, 4.69) is 15.9 Å². The number of para-hydroxylation sites is 1. The fourth-order valence-electron chi connectivity index (χ4n) is 2.19. The predicted molar refractivity (Wildman–Crippen MR) is 73.5 cm³/mol. The molecule has 0 saturated carbocycles. The van der Waals surface area contributed by atoms with Crippen molar-refractivity contribution in [2.45, 2.75) is 6.42 Å². The van der Waals surface area contributed by atoms with Gasteiger partial charge < -0.3 is 9.32 Å². The number of halogens is 1. The Balaban J connectivity index is 2.01. The van der Waals surface area contributed by atoms with Crippen LogP contribution in [0.25, 0.3) is 0 Å². The highest BCUT2D eigenvalue weighted by Gasteiger charge is 2.28. The molecule has 1 aliphatic rings. The summed E-state index contributed by atoms with van der Waals surface area (Å²) < 4.78 is 5.79. The smallest absolute Gasteiger partial charge is 0.294 e. The maximum absolute atomic E-state index is 12.4. The number of nitrogens with zero attached hydrogens (tertiary/aromatic N) is 1. The van der Waals surface area contributed by atoms with Crippen molar-refractivity contribution >= 4 is 33.3 Å². The zero-order valence-electron chi connectivity index (χ0n) is 9.93. The van der Waals surface area contributed by atoms with Gasteiger partial charge in [-0.3, -0.25) is 9.59 Å². The minimum absolute atomic E-state index is 0.0697. The molecule has 0 N–H and O–H groups in total. The van der Waals surface area contributed by atoms with E-state index < -0.39 is 0 Å². The fraction of sp³-hybridized carbons (Fsp3) is 0.143. The molecule has 1 amide bonds. The van der Waals surface area contributed by atoms with Crippen molar-refractivity contribution in [3.05, 3.63) is 52.4 Å². The molecule has 1 aromatic heterocycles. The number of rotatable bonds is 1. The van der Waals surface area contributed by atoms with Crippen LogP contribution in [0.3, 0.4) is 0 Å². The third kappa shape index (κ3) is 2.10. The van der Waals surface area contributed by atoms with E-state index in [0.29, 0.717) is 28.9 Å². The number of hydrogen-bond donors (Lipinski definition) is 0. The number of furan rings is 1. The van der Waals surface area contributed by atoms with Crippen LogP contribution in [0.4, 0.5) is 5.69 Å². The first kappa shape index (κ1) is 12.2. The van der Waals surface area contributed by atoms with E-state index in [1.54, 1.807) is 35.2 Å². The van der Waals surface area contributed by atoms with Gasteiger partial charge in [0, 0.05) is 18.5 Å². The first-order valence-electron chi connectivity index (χ1n) is 5.86. The predicted octanol–water partition coefficient (Wildman–Crippen LogP) is 3.28. The summed E-state index contributed by atoms with van der Waals surface area (Å²) in [4.78, 5) is 25.8. The zero-order valence-corrected chi connectivity index (χ0v) is 11.5. The molecular formula is C14H10BrNO3. The van der Waals surface area contributed by atoms with E-state index in [0.717, 1.165) is 0 Å². The Labute approximate surface area is 118 Å². The second-order valence-corrected chi connectivity index (χ2v) is 5.03. The standard InChI is InChI=1S/C14H10BrNO3/c15-13-6-5-12(19-13)14(18)16-8-7-11(17)9-3-1-2-4-10(9)16/h1-6H,7-8H2. The normalized spacial score (nSPS) is 14.4. The number of Topliss-reactive ketones (excluding diaryl/α,β-unsaturated/α-hetero) is 1. The monoisotopic (exact) mass is 319 g/mol. The van der Waals surface area contributed by atoms with E-state index >= 15 is 0 Å². The molecule has 0 atom stereocenters. The molecule has 0 bridgehead atoms. The molecule has 1 aromatic carbocycles. The van der Waals surface area contributed by atoms with Crippen molar-refractivity contribution < 1.29 is 14.0 Å². The lowest BCUT2D eigenvalue weighted by Gasteiger charge is -2.27. The molecule has 2 aromatic rings. The Morgan fingerprint density at radius 1 is 1.21 bits per heavy atom. The lowest BCUT2D eigenvalue weighted by atomic mass is 10.0. The second-order valence-electron chi connectivity index (χ2n) is 4.25. The molecule has 0 aliphatic carbocycles. The highest BCUT2D eigenvalue weighted by Crippen LogP contribution is 2.28. The molecule has 0 spiro atoms. The van der Waals surface area contributed by atoms with Crippen LogP contribution >= 0.6 is 15.9 Å². The molecule has 0 fully saturated rings. The number of carbonyl (C=O) groups is 2.